The molecule has 1 aromatic carbocycles. The second kappa shape index (κ2) is 8.73. The van der Waals surface area contributed by atoms with Gasteiger partial charge < -0.3 is 5.32 Å². The van der Waals surface area contributed by atoms with Gasteiger partial charge in [0.15, 0.2) is 0 Å². The van der Waals surface area contributed by atoms with Crippen LogP contribution in [0.25, 0.3) is 0 Å². The summed E-state index contributed by atoms with van der Waals surface area (Å²) < 4.78 is 26.7. The molecule has 0 spiro atoms. The van der Waals surface area contributed by atoms with E-state index >= 15 is 0 Å². The van der Waals surface area contributed by atoms with E-state index < -0.39 is 10.0 Å². The van der Waals surface area contributed by atoms with Crippen molar-refractivity contribution < 1.29 is 13.2 Å². The van der Waals surface area contributed by atoms with E-state index in [0.29, 0.717) is 19.4 Å². The van der Waals surface area contributed by atoms with Gasteiger partial charge in [0.05, 0.1) is 17.1 Å². The number of aryl methyl sites for hydroxylation is 1. The lowest BCUT2D eigenvalue weighted by atomic mass is 10.1. The van der Waals surface area contributed by atoms with Crippen molar-refractivity contribution in [3.63, 3.8) is 0 Å². The monoisotopic (exact) mass is 361 g/mol. The van der Waals surface area contributed by atoms with Crippen LogP contribution in [0.15, 0.2) is 53.6 Å². The summed E-state index contributed by atoms with van der Waals surface area (Å²) >= 11 is 0. The number of aromatic nitrogens is 1. The Balaban J connectivity index is 1.84. The summed E-state index contributed by atoms with van der Waals surface area (Å²) in [4.78, 5) is 16.3. The molecule has 0 unspecified atom stereocenters. The predicted octanol–water partition coefficient (Wildman–Crippen LogP) is 2.02. The third-order valence-electron chi connectivity index (χ3n) is 3.46. The van der Waals surface area contributed by atoms with Gasteiger partial charge in [-0.25, -0.2) is 13.1 Å². The summed E-state index contributed by atoms with van der Waals surface area (Å²) in [5.41, 5.74) is 1.72. The Hall–Kier alpha value is -2.25. The number of hydrogen-bond donors (Lipinski definition) is 2. The minimum absolute atomic E-state index is 0.0659. The van der Waals surface area contributed by atoms with E-state index in [1.165, 1.54) is 0 Å². The zero-order valence-electron chi connectivity index (χ0n) is 14.4. The van der Waals surface area contributed by atoms with E-state index in [9.17, 15) is 13.2 Å². The second-order valence-electron chi connectivity index (χ2n) is 6.02. The van der Waals surface area contributed by atoms with Crippen molar-refractivity contribution in [1.29, 1.82) is 0 Å². The van der Waals surface area contributed by atoms with Crippen LogP contribution in [0.4, 0.5) is 0 Å². The quantitative estimate of drug-likeness (QED) is 0.753. The lowest BCUT2D eigenvalue weighted by Gasteiger charge is -2.10. The second-order valence-corrected chi connectivity index (χ2v) is 7.73. The van der Waals surface area contributed by atoms with Crippen molar-refractivity contribution in [2.24, 2.45) is 0 Å². The Kier molecular flexibility index (Phi) is 6.66. The van der Waals surface area contributed by atoms with Gasteiger partial charge in [0, 0.05) is 18.7 Å². The summed E-state index contributed by atoms with van der Waals surface area (Å²) in [5, 5.41) is 2.82. The Morgan fingerprint density at radius 1 is 1.12 bits per heavy atom. The number of amides is 1. The Morgan fingerprint density at radius 2 is 1.84 bits per heavy atom. The lowest BCUT2D eigenvalue weighted by molar-refractivity contribution is -0.121. The molecule has 1 amide bonds. The molecule has 1 aromatic heterocycles. The molecule has 2 rings (SSSR count). The molecule has 25 heavy (non-hydrogen) atoms. The van der Waals surface area contributed by atoms with E-state index in [2.05, 4.69) is 15.0 Å². The van der Waals surface area contributed by atoms with Crippen LogP contribution in [0.3, 0.4) is 0 Å². The van der Waals surface area contributed by atoms with E-state index in [-0.39, 0.29) is 16.8 Å². The van der Waals surface area contributed by atoms with Gasteiger partial charge in [-0.1, -0.05) is 18.2 Å². The fraction of sp³-hybridized carbons (Fsp3) is 0.333. The molecule has 0 aliphatic heterocycles. The highest BCUT2D eigenvalue weighted by molar-refractivity contribution is 7.89. The standard InChI is InChI=1S/C18H23N3O3S/c1-14(2)21-25(23,24)17-9-6-15(7-10-17)8-11-18(22)20-13-16-5-3-4-12-19-16/h3-7,9-10,12,14,21H,8,11,13H2,1-2H3,(H,20,22). The van der Waals surface area contributed by atoms with Crippen molar-refractivity contribution in [3.8, 4) is 0 Å². The zero-order valence-corrected chi connectivity index (χ0v) is 15.2. The molecule has 0 radical (unpaired) electrons. The van der Waals surface area contributed by atoms with Gasteiger partial charge in [0.25, 0.3) is 0 Å². The molecule has 0 saturated carbocycles. The van der Waals surface area contributed by atoms with Crippen molar-refractivity contribution in [3.05, 3.63) is 59.9 Å². The summed E-state index contributed by atoms with van der Waals surface area (Å²) in [5.74, 6) is -0.0659. The SMILES string of the molecule is CC(C)NS(=O)(=O)c1ccc(CCC(=O)NCc2ccccn2)cc1. The molecule has 0 saturated heterocycles. The van der Waals surface area contributed by atoms with Gasteiger partial charge in [0.2, 0.25) is 15.9 Å². The Morgan fingerprint density at radius 3 is 2.44 bits per heavy atom. The molecular formula is C18H23N3O3S. The lowest BCUT2D eigenvalue weighted by Crippen LogP contribution is -2.30. The number of nitrogens with one attached hydrogen (secondary N) is 2. The average Bonchev–Trinajstić information content (AvgIpc) is 2.58. The molecule has 6 nitrogen and oxygen atoms in total. The molecule has 0 aliphatic rings. The highest BCUT2D eigenvalue weighted by Crippen LogP contribution is 2.12. The maximum Gasteiger partial charge on any atom is 0.240 e. The molecule has 2 aromatic rings. The molecule has 7 heteroatoms. The number of benzene rings is 1. The third-order valence-corrected chi connectivity index (χ3v) is 5.13. The van der Waals surface area contributed by atoms with Crippen LogP contribution >= 0.6 is 0 Å². The van der Waals surface area contributed by atoms with Gasteiger partial charge in [-0.15, -0.1) is 0 Å². The Bertz CT molecular complexity index is 788. The highest BCUT2D eigenvalue weighted by Gasteiger charge is 2.14. The number of carbonyl (C=O) groups excluding carboxylic acids is 1. The largest absolute Gasteiger partial charge is 0.350 e. The number of nitrogens with zero attached hydrogens (tertiary/aromatic N) is 1. The summed E-state index contributed by atoms with van der Waals surface area (Å²) in [6.45, 7) is 3.95. The maximum absolute atomic E-state index is 12.1. The first kappa shape index (κ1) is 19.1. The summed E-state index contributed by atoms with van der Waals surface area (Å²) in [6.07, 6.45) is 2.57. The van der Waals surface area contributed by atoms with Crippen LogP contribution in [0.1, 0.15) is 31.5 Å². The zero-order chi connectivity index (χ0) is 18.3. The molecule has 134 valence electrons. The fourth-order valence-corrected chi connectivity index (χ4v) is 3.50. The van der Waals surface area contributed by atoms with E-state index in [4.69, 9.17) is 0 Å². The van der Waals surface area contributed by atoms with Gasteiger partial charge in [-0.05, 0) is 50.1 Å². The van der Waals surface area contributed by atoms with Crippen LogP contribution in [0.5, 0.6) is 0 Å². The normalized spacial score (nSPS) is 11.5. The summed E-state index contributed by atoms with van der Waals surface area (Å²) in [7, 11) is -3.48. The van der Waals surface area contributed by atoms with E-state index in [0.717, 1.165) is 11.3 Å². The molecule has 0 bridgehead atoms. The Labute approximate surface area is 148 Å². The van der Waals surface area contributed by atoms with Crippen LogP contribution in [0.2, 0.25) is 0 Å². The van der Waals surface area contributed by atoms with Gasteiger partial charge in [0.1, 0.15) is 0 Å². The van der Waals surface area contributed by atoms with Crippen molar-refractivity contribution >= 4 is 15.9 Å². The average molecular weight is 361 g/mol. The number of carbonyl (C=O) groups is 1. The molecule has 0 atom stereocenters. The van der Waals surface area contributed by atoms with E-state index in [1.807, 2.05) is 18.2 Å². The number of rotatable bonds is 8. The first-order valence-corrected chi connectivity index (χ1v) is 9.63. The van der Waals surface area contributed by atoms with Crippen LogP contribution in [-0.2, 0) is 27.8 Å². The van der Waals surface area contributed by atoms with Crippen LogP contribution in [-0.4, -0.2) is 25.4 Å². The number of pyridine rings is 1. The van der Waals surface area contributed by atoms with Crippen LogP contribution in [0, 0.1) is 0 Å². The van der Waals surface area contributed by atoms with Crippen LogP contribution < -0.4 is 10.0 Å². The number of hydrogen-bond acceptors (Lipinski definition) is 4. The topological polar surface area (TPSA) is 88.2 Å². The van der Waals surface area contributed by atoms with Gasteiger partial charge >= 0.3 is 0 Å². The first-order valence-electron chi connectivity index (χ1n) is 8.15. The molecule has 0 fully saturated rings. The maximum atomic E-state index is 12.1. The first-order chi connectivity index (χ1) is 11.9. The van der Waals surface area contributed by atoms with Gasteiger partial charge in [-0.3, -0.25) is 9.78 Å². The smallest absolute Gasteiger partial charge is 0.240 e. The summed E-state index contributed by atoms with van der Waals surface area (Å²) in [6, 6.07) is 12.0. The predicted molar refractivity (Wildman–Crippen MR) is 96.3 cm³/mol. The van der Waals surface area contributed by atoms with Gasteiger partial charge in [-0.2, -0.15) is 0 Å². The minimum atomic E-state index is -3.48. The molecule has 1 heterocycles. The van der Waals surface area contributed by atoms with Crippen molar-refractivity contribution in [1.82, 2.24) is 15.0 Å². The molecule has 2 N–H and O–H groups in total. The van der Waals surface area contributed by atoms with E-state index in [1.54, 1.807) is 44.3 Å². The number of sulfonamides is 1. The van der Waals surface area contributed by atoms with Crippen molar-refractivity contribution in [2.75, 3.05) is 0 Å². The minimum Gasteiger partial charge on any atom is -0.350 e. The fourth-order valence-electron chi connectivity index (χ4n) is 2.25. The van der Waals surface area contributed by atoms with Crippen molar-refractivity contribution in [2.45, 2.75) is 44.2 Å². The highest BCUT2D eigenvalue weighted by atomic mass is 32.2. The third kappa shape index (κ3) is 6.28. The molecule has 0 aliphatic carbocycles. The molecular weight excluding hydrogens is 338 g/mol.